The van der Waals surface area contributed by atoms with Crippen LogP contribution in [0, 0.1) is 5.92 Å². The summed E-state index contributed by atoms with van der Waals surface area (Å²) in [4.78, 5) is 14.0. The van der Waals surface area contributed by atoms with E-state index in [2.05, 4.69) is 45.1 Å². The van der Waals surface area contributed by atoms with E-state index in [1.54, 1.807) is 0 Å². The number of carbonyl (C=O) groups is 1. The first-order chi connectivity index (χ1) is 8.29. The molecule has 2 aliphatic rings. The minimum Gasteiger partial charge on any atom is -0.339 e. The summed E-state index contributed by atoms with van der Waals surface area (Å²) in [5.74, 6) is 1.44. The van der Waals surface area contributed by atoms with Crippen molar-refractivity contribution in [2.24, 2.45) is 5.92 Å². The van der Waals surface area contributed by atoms with Crippen molar-refractivity contribution >= 4 is 21.8 Å². The molecule has 0 radical (unpaired) electrons. The molecule has 2 fully saturated rings. The molecule has 0 bridgehead atoms. The average Bonchev–Trinajstić information content (AvgIpc) is 3.07. The van der Waals surface area contributed by atoms with E-state index in [0.29, 0.717) is 23.8 Å². The van der Waals surface area contributed by atoms with Gasteiger partial charge < -0.3 is 4.90 Å². The number of hydrogen-bond acceptors (Lipinski definition) is 1. The molecule has 2 nitrogen and oxygen atoms in total. The van der Waals surface area contributed by atoms with Gasteiger partial charge in [-0.2, -0.15) is 0 Å². The summed E-state index contributed by atoms with van der Waals surface area (Å²) in [6, 6.07) is 11.0. The zero-order valence-electron chi connectivity index (χ0n) is 9.68. The Balaban J connectivity index is 1.67. The zero-order chi connectivity index (χ0) is 11.8. The molecule has 1 saturated carbocycles. The summed E-state index contributed by atoms with van der Waals surface area (Å²) in [6.45, 7) is 0.943. The quantitative estimate of drug-likeness (QED) is 0.785. The number of likely N-dealkylation sites (tertiary alicyclic amines) is 1. The van der Waals surface area contributed by atoms with Crippen LogP contribution in [-0.4, -0.2) is 28.7 Å². The van der Waals surface area contributed by atoms with Gasteiger partial charge in [0, 0.05) is 30.3 Å². The van der Waals surface area contributed by atoms with E-state index in [9.17, 15) is 4.79 Å². The molecule has 0 spiro atoms. The van der Waals surface area contributed by atoms with E-state index >= 15 is 0 Å². The Kier molecular flexibility index (Phi) is 2.95. The maximum atomic E-state index is 11.9. The van der Waals surface area contributed by atoms with Crippen LogP contribution < -0.4 is 0 Å². The number of benzene rings is 1. The van der Waals surface area contributed by atoms with Crippen LogP contribution in [-0.2, 0) is 4.79 Å². The lowest BCUT2D eigenvalue weighted by Crippen LogP contribution is -2.28. The first kappa shape index (κ1) is 11.3. The molecule has 3 unspecified atom stereocenters. The summed E-state index contributed by atoms with van der Waals surface area (Å²) >= 11 is 3.48. The second-order valence-electron chi connectivity index (χ2n) is 5.09. The number of amides is 1. The Labute approximate surface area is 110 Å². The number of alkyl halides is 1. The Morgan fingerprint density at radius 3 is 2.71 bits per heavy atom. The first-order valence-corrected chi connectivity index (χ1v) is 7.32. The van der Waals surface area contributed by atoms with Gasteiger partial charge in [0.15, 0.2) is 0 Å². The predicted molar refractivity (Wildman–Crippen MR) is 71.2 cm³/mol. The molecule has 1 aliphatic carbocycles. The third-order valence-corrected chi connectivity index (χ3v) is 4.76. The van der Waals surface area contributed by atoms with E-state index < -0.39 is 0 Å². The fraction of sp³-hybridized carbons (Fsp3) is 0.500. The van der Waals surface area contributed by atoms with Crippen molar-refractivity contribution in [3.63, 3.8) is 0 Å². The second kappa shape index (κ2) is 4.45. The molecule has 3 heteroatoms. The number of halogens is 1. The van der Waals surface area contributed by atoms with E-state index in [1.807, 2.05) is 6.07 Å². The smallest absolute Gasteiger partial charge is 0.223 e. The van der Waals surface area contributed by atoms with E-state index in [1.165, 1.54) is 5.56 Å². The molecule has 0 N–H and O–H groups in total. The van der Waals surface area contributed by atoms with Crippen molar-refractivity contribution in [1.29, 1.82) is 0 Å². The van der Waals surface area contributed by atoms with Crippen molar-refractivity contribution in [3.05, 3.63) is 35.9 Å². The van der Waals surface area contributed by atoms with Crippen LogP contribution in [0.25, 0.3) is 0 Å². The molecule has 1 aliphatic heterocycles. The molecule has 90 valence electrons. The maximum Gasteiger partial charge on any atom is 0.223 e. The van der Waals surface area contributed by atoms with Crippen molar-refractivity contribution in [1.82, 2.24) is 4.90 Å². The fourth-order valence-corrected chi connectivity index (χ4v) is 3.25. The highest BCUT2D eigenvalue weighted by Gasteiger charge is 2.47. The van der Waals surface area contributed by atoms with Gasteiger partial charge in [0.2, 0.25) is 5.91 Å². The van der Waals surface area contributed by atoms with Gasteiger partial charge in [-0.1, -0.05) is 46.3 Å². The van der Waals surface area contributed by atoms with Crippen LogP contribution >= 0.6 is 15.9 Å². The minimum absolute atomic E-state index is 0.345. The molecule has 1 aromatic carbocycles. The molecule has 1 amide bonds. The third kappa shape index (κ3) is 2.13. The van der Waals surface area contributed by atoms with E-state index in [4.69, 9.17) is 0 Å². The van der Waals surface area contributed by atoms with Gasteiger partial charge in [-0.05, 0) is 17.9 Å². The molecule has 3 rings (SSSR count). The van der Waals surface area contributed by atoms with Crippen LogP contribution in [0.4, 0.5) is 0 Å². The Bertz CT molecular complexity index is 419. The molecule has 1 heterocycles. The third-order valence-electron chi connectivity index (χ3n) is 3.84. The van der Waals surface area contributed by atoms with Gasteiger partial charge >= 0.3 is 0 Å². The summed E-state index contributed by atoms with van der Waals surface area (Å²) in [6.07, 6.45) is 1.87. The van der Waals surface area contributed by atoms with Crippen LogP contribution in [0.5, 0.6) is 0 Å². The van der Waals surface area contributed by atoms with E-state index in [-0.39, 0.29) is 0 Å². The standard InChI is InChI=1S/C14H16BrNO/c15-8-10-6-14(17)16(9-10)13-7-12(13)11-4-2-1-3-5-11/h1-5,10,12-13H,6-9H2. The number of nitrogens with zero attached hydrogens (tertiary/aromatic N) is 1. The summed E-state index contributed by atoms with van der Waals surface area (Å²) < 4.78 is 0. The normalized spacial score (nSPS) is 31.9. The molecular weight excluding hydrogens is 278 g/mol. The summed E-state index contributed by atoms with van der Waals surface area (Å²) in [5, 5.41) is 0.942. The van der Waals surface area contributed by atoms with Crippen molar-refractivity contribution in [2.45, 2.75) is 24.8 Å². The monoisotopic (exact) mass is 293 g/mol. The Morgan fingerprint density at radius 2 is 2.06 bits per heavy atom. The minimum atomic E-state index is 0.345. The van der Waals surface area contributed by atoms with Gasteiger partial charge in [0.1, 0.15) is 0 Å². The predicted octanol–water partition coefficient (Wildman–Crippen LogP) is 2.79. The van der Waals surface area contributed by atoms with Gasteiger partial charge in [0.05, 0.1) is 0 Å². The van der Waals surface area contributed by atoms with Crippen molar-refractivity contribution in [2.75, 3.05) is 11.9 Å². The lowest BCUT2D eigenvalue weighted by atomic mass is 10.1. The number of rotatable bonds is 3. The highest BCUT2D eigenvalue weighted by Crippen LogP contribution is 2.46. The Morgan fingerprint density at radius 1 is 1.29 bits per heavy atom. The summed E-state index contributed by atoms with van der Waals surface area (Å²) in [7, 11) is 0. The van der Waals surface area contributed by atoms with Crippen LogP contribution in [0.1, 0.15) is 24.3 Å². The Hall–Kier alpha value is -0.830. The summed E-state index contributed by atoms with van der Waals surface area (Å²) in [5.41, 5.74) is 1.38. The van der Waals surface area contributed by atoms with Crippen LogP contribution in [0.2, 0.25) is 0 Å². The lowest BCUT2D eigenvalue weighted by molar-refractivity contribution is -0.128. The molecule has 3 atom stereocenters. The van der Waals surface area contributed by atoms with Crippen LogP contribution in [0.15, 0.2) is 30.3 Å². The van der Waals surface area contributed by atoms with Crippen molar-refractivity contribution in [3.8, 4) is 0 Å². The van der Waals surface area contributed by atoms with E-state index in [0.717, 1.165) is 24.7 Å². The molecule has 1 aromatic rings. The first-order valence-electron chi connectivity index (χ1n) is 6.20. The SMILES string of the molecule is O=C1CC(CBr)CN1C1CC1c1ccccc1. The highest BCUT2D eigenvalue weighted by atomic mass is 79.9. The molecular formula is C14H16BrNO. The average molecular weight is 294 g/mol. The van der Waals surface area contributed by atoms with Gasteiger partial charge in [-0.25, -0.2) is 0 Å². The van der Waals surface area contributed by atoms with Gasteiger partial charge in [-0.15, -0.1) is 0 Å². The molecule has 1 saturated heterocycles. The lowest BCUT2D eigenvalue weighted by Gasteiger charge is -2.16. The van der Waals surface area contributed by atoms with Gasteiger partial charge in [-0.3, -0.25) is 4.79 Å². The second-order valence-corrected chi connectivity index (χ2v) is 5.74. The van der Waals surface area contributed by atoms with Crippen molar-refractivity contribution < 1.29 is 4.79 Å². The topological polar surface area (TPSA) is 20.3 Å². The molecule has 0 aromatic heterocycles. The fourth-order valence-electron chi connectivity index (χ4n) is 2.82. The highest BCUT2D eigenvalue weighted by molar-refractivity contribution is 9.09. The number of carbonyl (C=O) groups excluding carboxylic acids is 1. The van der Waals surface area contributed by atoms with Crippen LogP contribution in [0.3, 0.4) is 0 Å². The maximum absolute atomic E-state index is 11.9. The number of hydrogen-bond donors (Lipinski definition) is 0. The largest absolute Gasteiger partial charge is 0.339 e. The zero-order valence-corrected chi connectivity index (χ0v) is 11.3. The molecule has 17 heavy (non-hydrogen) atoms. The van der Waals surface area contributed by atoms with Gasteiger partial charge in [0.25, 0.3) is 0 Å².